The standard InChI is InChI=1S/C38H22Cl4N4O2S2/c1-15(2)13-47-33-31-29-19-9-23(41)21(39)7-17(19)27(25(11-43)45-5)35(29)50-38(31)34(48-14-16(3)4)32-30-20-10-24(42)22(40)8-18(20)28(26(12-44)46-6)36(30)49-37(32)33/h7-10,15-16H,13-14H2,1-4H3/b27-25-,28-26+. The molecule has 0 radical (unpaired) electrons. The number of halogens is 4. The van der Waals surface area contributed by atoms with Crippen LogP contribution in [0.15, 0.2) is 35.7 Å². The molecule has 12 heteroatoms. The number of nitrogens with zero attached hydrogens (tertiary/aromatic N) is 4. The average molecular weight is 773 g/mol. The molecule has 5 aromatic rings. The summed E-state index contributed by atoms with van der Waals surface area (Å²) in [6.45, 7) is 24.8. The second-order valence-electron chi connectivity index (χ2n) is 12.6. The molecule has 246 valence electrons. The lowest BCUT2D eigenvalue weighted by atomic mass is 9.99. The third kappa shape index (κ3) is 5.06. The maximum absolute atomic E-state index is 10.1. The number of allylic oxidation sites excluding steroid dienone is 2. The van der Waals surface area contributed by atoms with Gasteiger partial charge in [-0.25, -0.2) is 20.2 Å². The molecule has 2 heterocycles. The molecule has 2 aromatic heterocycles. The minimum atomic E-state index is -0.0645. The van der Waals surface area contributed by atoms with Crippen LogP contribution in [0.4, 0.5) is 0 Å². The molecule has 0 bridgehead atoms. The van der Waals surface area contributed by atoms with Crippen molar-refractivity contribution >= 4 is 100 Å². The van der Waals surface area contributed by atoms with Crippen molar-refractivity contribution in [2.75, 3.05) is 13.2 Å². The lowest BCUT2D eigenvalue weighted by molar-refractivity contribution is 0.273. The first-order valence-electron chi connectivity index (χ1n) is 15.3. The summed E-state index contributed by atoms with van der Waals surface area (Å²) in [4.78, 5) is 8.65. The van der Waals surface area contributed by atoms with Crippen LogP contribution in [0.3, 0.4) is 0 Å². The van der Waals surface area contributed by atoms with E-state index < -0.39 is 0 Å². The molecule has 6 nitrogen and oxygen atoms in total. The van der Waals surface area contributed by atoms with E-state index >= 15 is 0 Å². The Balaban J connectivity index is 1.74. The summed E-state index contributed by atoms with van der Waals surface area (Å²) < 4.78 is 15.1. The maximum Gasteiger partial charge on any atom is 0.271 e. The number of hydrogen-bond acceptors (Lipinski definition) is 6. The molecule has 3 aromatic carbocycles. The highest BCUT2D eigenvalue weighted by molar-refractivity contribution is 7.23. The Morgan fingerprint density at radius 3 is 1.30 bits per heavy atom. The number of hydrogen-bond donors (Lipinski definition) is 0. The molecule has 0 saturated heterocycles. The van der Waals surface area contributed by atoms with Crippen molar-refractivity contribution in [2.45, 2.75) is 27.7 Å². The lowest BCUT2D eigenvalue weighted by Gasteiger charge is -2.18. The SMILES string of the molecule is [C-]#[N+]/C(C#N)=C1/c2cc(Cl)c(Cl)cc2-c2c1sc1c(OCC(C)C)c3c4c(sc3c(OCC(C)C)c21)/C(=C(\C#N)[N+]#[C-])c1cc(Cl)c(Cl)cc1-4. The van der Waals surface area contributed by atoms with Crippen LogP contribution in [0.5, 0.6) is 11.5 Å². The average Bonchev–Trinajstić information content (AvgIpc) is 3.80. The van der Waals surface area contributed by atoms with Crippen LogP contribution in [-0.2, 0) is 0 Å². The molecule has 7 rings (SSSR count). The Hall–Kier alpha value is -4.22. The van der Waals surface area contributed by atoms with E-state index in [9.17, 15) is 10.5 Å². The van der Waals surface area contributed by atoms with E-state index in [0.29, 0.717) is 67.1 Å². The van der Waals surface area contributed by atoms with Gasteiger partial charge >= 0.3 is 0 Å². The normalized spacial score (nSPS) is 14.5. The van der Waals surface area contributed by atoms with Crippen LogP contribution in [0, 0.1) is 47.6 Å². The zero-order valence-electron chi connectivity index (χ0n) is 26.8. The van der Waals surface area contributed by atoms with Gasteiger partial charge in [0.05, 0.1) is 68.0 Å². The molecule has 50 heavy (non-hydrogen) atoms. The molecule has 0 fully saturated rings. The molecular formula is C38H22Cl4N4O2S2. The van der Waals surface area contributed by atoms with Gasteiger partial charge in [0.1, 0.15) is 11.5 Å². The summed E-state index contributed by atoms with van der Waals surface area (Å²) in [5.74, 6) is 1.53. The third-order valence-corrected chi connectivity index (χ3v) is 12.2. The van der Waals surface area contributed by atoms with Gasteiger partial charge in [-0.1, -0.05) is 74.1 Å². The fraction of sp³-hybridized carbons (Fsp3) is 0.211. The fourth-order valence-corrected chi connectivity index (χ4v) is 9.80. The van der Waals surface area contributed by atoms with Crippen LogP contribution in [-0.4, -0.2) is 13.2 Å². The highest BCUT2D eigenvalue weighted by Gasteiger charge is 2.39. The van der Waals surface area contributed by atoms with Gasteiger partial charge in [0.2, 0.25) is 0 Å². The van der Waals surface area contributed by atoms with E-state index in [0.717, 1.165) is 52.2 Å². The molecule has 0 saturated carbocycles. The van der Waals surface area contributed by atoms with E-state index in [1.807, 2.05) is 0 Å². The van der Waals surface area contributed by atoms with Gasteiger partial charge in [-0.3, -0.25) is 0 Å². The zero-order chi connectivity index (χ0) is 35.8. The summed E-state index contributed by atoms with van der Waals surface area (Å²) in [5.41, 5.74) is 5.14. The third-order valence-electron chi connectivity index (χ3n) is 8.37. The zero-order valence-corrected chi connectivity index (χ0v) is 31.5. The fourth-order valence-electron chi connectivity index (χ4n) is 6.39. The molecule has 0 N–H and O–H groups in total. The highest BCUT2D eigenvalue weighted by Crippen LogP contribution is 2.64. The molecule has 0 unspecified atom stereocenters. The Labute approximate surface area is 316 Å². The Morgan fingerprint density at radius 2 is 1.00 bits per heavy atom. The predicted octanol–water partition coefficient (Wildman–Crippen LogP) is 13.2. The molecule has 0 aliphatic heterocycles. The molecule has 0 spiro atoms. The van der Waals surface area contributed by atoms with Crippen LogP contribution < -0.4 is 9.47 Å². The number of thiophene rings is 2. The summed E-state index contributed by atoms with van der Waals surface area (Å²) >= 11 is 29.1. The predicted molar refractivity (Wildman–Crippen MR) is 205 cm³/mol. The minimum Gasteiger partial charge on any atom is -0.491 e. The van der Waals surface area contributed by atoms with Gasteiger partial charge in [0.25, 0.3) is 11.4 Å². The van der Waals surface area contributed by atoms with Crippen molar-refractivity contribution in [2.24, 2.45) is 11.8 Å². The Morgan fingerprint density at radius 1 is 0.660 bits per heavy atom. The number of fused-ring (bicyclic) bond motifs is 10. The summed E-state index contributed by atoms with van der Waals surface area (Å²) in [5, 5.41) is 23.0. The van der Waals surface area contributed by atoms with E-state index in [4.69, 9.17) is 69.0 Å². The number of benzene rings is 3. The number of nitriles is 2. The Bertz CT molecular complexity index is 2390. The summed E-state index contributed by atoms with van der Waals surface area (Å²) in [6, 6.07) is 11.1. The Kier molecular flexibility index (Phi) is 8.79. The first kappa shape index (κ1) is 34.2. The van der Waals surface area contributed by atoms with Gasteiger partial charge in [0, 0.05) is 42.8 Å². The van der Waals surface area contributed by atoms with E-state index in [1.54, 1.807) is 24.3 Å². The molecule has 2 aliphatic rings. The molecule has 0 amide bonds. The van der Waals surface area contributed by atoms with Crippen molar-refractivity contribution in [1.29, 1.82) is 10.5 Å². The van der Waals surface area contributed by atoms with Gasteiger partial charge in [-0.2, -0.15) is 0 Å². The quantitative estimate of drug-likeness (QED) is 0.125. The van der Waals surface area contributed by atoms with Gasteiger partial charge in [-0.05, 0) is 58.4 Å². The lowest BCUT2D eigenvalue weighted by Crippen LogP contribution is -2.07. The van der Waals surface area contributed by atoms with Gasteiger partial charge in [0.15, 0.2) is 0 Å². The topological polar surface area (TPSA) is 74.8 Å². The largest absolute Gasteiger partial charge is 0.491 e. The van der Waals surface area contributed by atoms with Crippen molar-refractivity contribution in [3.8, 4) is 45.9 Å². The van der Waals surface area contributed by atoms with Crippen LogP contribution >= 0.6 is 69.1 Å². The molecule has 0 atom stereocenters. The minimum absolute atomic E-state index is 0.0645. The number of rotatable bonds is 6. The monoisotopic (exact) mass is 770 g/mol. The maximum atomic E-state index is 10.1. The molecular weight excluding hydrogens is 750 g/mol. The second kappa shape index (κ2) is 12.8. The van der Waals surface area contributed by atoms with Crippen molar-refractivity contribution < 1.29 is 9.47 Å². The van der Waals surface area contributed by atoms with E-state index in [1.165, 1.54) is 22.7 Å². The van der Waals surface area contributed by atoms with Gasteiger partial charge in [-0.15, -0.1) is 22.7 Å². The summed E-state index contributed by atoms with van der Waals surface area (Å²) in [6.07, 6.45) is 0. The van der Waals surface area contributed by atoms with Crippen LogP contribution in [0.25, 0.3) is 63.3 Å². The van der Waals surface area contributed by atoms with Crippen LogP contribution in [0.1, 0.15) is 48.6 Å². The highest BCUT2D eigenvalue weighted by atomic mass is 35.5. The van der Waals surface area contributed by atoms with E-state index in [-0.39, 0.29) is 23.2 Å². The first-order chi connectivity index (χ1) is 23.9. The van der Waals surface area contributed by atoms with E-state index in [2.05, 4.69) is 49.5 Å². The van der Waals surface area contributed by atoms with Crippen molar-refractivity contribution in [3.05, 3.63) is 99.5 Å². The first-order valence-corrected chi connectivity index (χ1v) is 18.5. The number of ether oxygens (including phenoxy) is 2. The van der Waals surface area contributed by atoms with Crippen molar-refractivity contribution in [1.82, 2.24) is 0 Å². The smallest absolute Gasteiger partial charge is 0.271 e. The van der Waals surface area contributed by atoms with Crippen LogP contribution in [0.2, 0.25) is 20.1 Å². The molecule has 2 aliphatic carbocycles. The second-order valence-corrected chi connectivity index (χ2v) is 16.3. The van der Waals surface area contributed by atoms with Crippen molar-refractivity contribution in [3.63, 3.8) is 0 Å². The van der Waals surface area contributed by atoms with Gasteiger partial charge < -0.3 is 9.47 Å². The summed E-state index contributed by atoms with van der Waals surface area (Å²) in [7, 11) is 0.